The fourth-order valence-electron chi connectivity index (χ4n) is 4.14. The van der Waals surface area contributed by atoms with Crippen molar-refractivity contribution in [1.29, 1.82) is 0 Å². The van der Waals surface area contributed by atoms with Crippen molar-refractivity contribution in [2.24, 2.45) is 0 Å². The third-order valence-electron chi connectivity index (χ3n) is 6.02. The number of hydrogen-bond donors (Lipinski definition) is 3. The zero-order valence-corrected chi connectivity index (χ0v) is 19.0. The van der Waals surface area contributed by atoms with Crippen LogP contribution >= 0.6 is 11.8 Å². The maximum absolute atomic E-state index is 12.4. The Hall–Kier alpha value is -1.73. The van der Waals surface area contributed by atoms with E-state index >= 15 is 0 Å². The molecule has 1 aromatic carbocycles. The molecule has 0 radical (unpaired) electrons. The first-order chi connectivity index (χ1) is 14.6. The largest absolute Gasteiger partial charge is 0.338 e. The van der Waals surface area contributed by atoms with Gasteiger partial charge in [-0.3, -0.25) is 9.69 Å². The van der Waals surface area contributed by atoms with Crippen molar-refractivity contribution in [3.63, 3.8) is 0 Å². The number of hydrogen-bond acceptors (Lipinski definition) is 4. The van der Waals surface area contributed by atoms with Crippen LogP contribution in [-0.2, 0) is 11.3 Å². The van der Waals surface area contributed by atoms with Crippen LogP contribution in [-0.4, -0.2) is 54.0 Å². The molecule has 7 heteroatoms. The van der Waals surface area contributed by atoms with Crippen LogP contribution in [0.15, 0.2) is 18.2 Å². The van der Waals surface area contributed by atoms with Gasteiger partial charge in [0, 0.05) is 55.8 Å². The third-order valence-corrected chi connectivity index (χ3v) is 6.97. The molecule has 0 bridgehead atoms. The standard InChI is InChI=1S/C23H36N4O2S/c1-18-19(17-27-13-15-30-16-14-27)7-5-10-21(18)26-22(28)11-6-12-24-23(29)25-20-8-3-2-4-9-20/h5,7,10,20H,2-4,6,8-9,11-17H2,1H3,(H,26,28)(H2,24,25,29). The van der Waals surface area contributed by atoms with Crippen molar-refractivity contribution in [3.05, 3.63) is 29.3 Å². The third kappa shape index (κ3) is 7.51. The van der Waals surface area contributed by atoms with E-state index in [1.54, 1.807) is 0 Å². The number of nitrogens with zero attached hydrogens (tertiary/aromatic N) is 1. The Bertz CT molecular complexity index is 700. The summed E-state index contributed by atoms with van der Waals surface area (Å²) in [6.07, 6.45) is 6.85. The van der Waals surface area contributed by atoms with Gasteiger partial charge in [0.25, 0.3) is 0 Å². The summed E-state index contributed by atoms with van der Waals surface area (Å²) in [6.45, 7) is 5.79. The lowest BCUT2D eigenvalue weighted by Gasteiger charge is -2.27. The predicted molar refractivity (Wildman–Crippen MR) is 125 cm³/mol. The Labute approximate surface area is 184 Å². The zero-order chi connectivity index (χ0) is 21.2. The number of benzene rings is 1. The van der Waals surface area contributed by atoms with Crippen molar-refractivity contribution >= 4 is 29.4 Å². The topological polar surface area (TPSA) is 73.5 Å². The molecule has 166 valence electrons. The molecule has 1 aromatic rings. The van der Waals surface area contributed by atoms with Crippen LogP contribution in [0.3, 0.4) is 0 Å². The van der Waals surface area contributed by atoms with E-state index in [0.29, 0.717) is 25.4 Å². The van der Waals surface area contributed by atoms with Gasteiger partial charge >= 0.3 is 6.03 Å². The van der Waals surface area contributed by atoms with Gasteiger partial charge in [-0.15, -0.1) is 0 Å². The summed E-state index contributed by atoms with van der Waals surface area (Å²) >= 11 is 2.02. The van der Waals surface area contributed by atoms with E-state index in [0.717, 1.165) is 43.7 Å². The van der Waals surface area contributed by atoms with E-state index in [-0.39, 0.29) is 11.9 Å². The molecule has 3 N–H and O–H groups in total. The lowest BCUT2D eigenvalue weighted by Crippen LogP contribution is -2.43. The SMILES string of the molecule is Cc1c(CN2CCSCC2)cccc1NC(=O)CCCNC(=O)NC1CCCCC1. The molecule has 6 nitrogen and oxygen atoms in total. The molecule has 30 heavy (non-hydrogen) atoms. The van der Waals surface area contributed by atoms with Gasteiger partial charge in [-0.25, -0.2) is 4.79 Å². The minimum Gasteiger partial charge on any atom is -0.338 e. The van der Waals surface area contributed by atoms with Gasteiger partial charge < -0.3 is 16.0 Å². The van der Waals surface area contributed by atoms with Gasteiger partial charge in [0.2, 0.25) is 5.91 Å². The fraction of sp³-hybridized carbons (Fsp3) is 0.652. The molecule has 0 unspecified atom stereocenters. The molecule has 1 heterocycles. The number of rotatable bonds is 8. The minimum absolute atomic E-state index is 0.000823. The first-order valence-electron chi connectivity index (χ1n) is 11.3. The van der Waals surface area contributed by atoms with E-state index in [2.05, 4.69) is 33.8 Å². The van der Waals surface area contributed by atoms with Crippen LogP contribution in [0.25, 0.3) is 0 Å². The molecule has 1 aliphatic heterocycles. The average Bonchev–Trinajstić information content (AvgIpc) is 2.75. The number of anilines is 1. The number of carbonyl (C=O) groups is 2. The average molecular weight is 433 g/mol. The van der Waals surface area contributed by atoms with Crippen LogP contribution in [0, 0.1) is 6.92 Å². The maximum Gasteiger partial charge on any atom is 0.315 e. The molecular formula is C23H36N4O2S. The van der Waals surface area contributed by atoms with E-state index in [4.69, 9.17) is 0 Å². The second-order valence-electron chi connectivity index (χ2n) is 8.37. The quantitative estimate of drug-likeness (QED) is 0.545. The Morgan fingerprint density at radius 2 is 1.90 bits per heavy atom. The van der Waals surface area contributed by atoms with Gasteiger partial charge in [-0.1, -0.05) is 31.4 Å². The highest BCUT2D eigenvalue weighted by Crippen LogP contribution is 2.22. The van der Waals surface area contributed by atoms with Crippen LogP contribution < -0.4 is 16.0 Å². The Morgan fingerprint density at radius 1 is 1.13 bits per heavy atom. The molecular weight excluding hydrogens is 396 g/mol. The summed E-state index contributed by atoms with van der Waals surface area (Å²) in [7, 11) is 0. The van der Waals surface area contributed by atoms with Crippen LogP contribution in [0.5, 0.6) is 0 Å². The summed E-state index contributed by atoms with van der Waals surface area (Å²) in [4.78, 5) is 26.8. The van der Waals surface area contributed by atoms with E-state index in [1.807, 2.05) is 23.9 Å². The molecule has 1 aliphatic carbocycles. The lowest BCUT2D eigenvalue weighted by atomic mass is 9.96. The van der Waals surface area contributed by atoms with Gasteiger partial charge in [0.05, 0.1) is 0 Å². The lowest BCUT2D eigenvalue weighted by molar-refractivity contribution is -0.116. The predicted octanol–water partition coefficient (Wildman–Crippen LogP) is 3.89. The second kappa shape index (κ2) is 12.2. The molecule has 3 amide bonds. The second-order valence-corrected chi connectivity index (χ2v) is 9.59. The molecule has 0 aromatic heterocycles. The first kappa shape index (κ1) is 22.9. The molecule has 2 aliphatic rings. The summed E-state index contributed by atoms with van der Waals surface area (Å²) in [5.74, 6) is 2.39. The highest BCUT2D eigenvalue weighted by Gasteiger charge is 2.16. The number of nitrogens with one attached hydrogen (secondary N) is 3. The maximum atomic E-state index is 12.4. The van der Waals surface area contributed by atoms with Gasteiger partial charge in [0.1, 0.15) is 0 Å². The number of thioether (sulfide) groups is 1. The van der Waals surface area contributed by atoms with Gasteiger partial charge in [0.15, 0.2) is 0 Å². The summed E-state index contributed by atoms with van der Waals surface area (Å²) < 4.78 is 0. The Morgan fingerprint density at radius 3 is 2.67 bits per heavy atom. The van der Waals surface area contributed by atoms with Crippen molar-refractivity contribution in [2.45, 2.75) is 64.5 Å². The van der Waals surface area contributed by atoms with Crippen molar-refractivity contribution < 1.29 is 9.59 Å². The molecule has 2 fully saturated rings. The zero-order valence-electron chi connectivity index (χ0n) is 18.2. The number of carbonyl (C=O) groups excluding carboxylic acids is 2. The normalized spacial score (nSPS) is 18.0. The summed E-state index contributed by atoms with van der Waals surface area (Å²) in [5.41, 5.74) is 3.32. The van der Waals surface area contributed by atoms with Crippen molar-refractivity contribution in [1.82, 2.24) is 15.5 Å². The van der Waals surface area contributed by atoms with Gasteiger partial charge in [-0.2, -0.15) is 11.8 Å². The Kier molecular flexibility index (Phi) is 9.33. The minimum atomic E-state index is -0.109. The first-order valence-corrected chi connectivity index (χ1v) is 12.5. The summed E-state index contributed by atoms with van der Waals surface area (Å²) in [5, 5.41) is 8.97. The highest BCUT2D eigenvalue weighted by atomic mass is 32.2. The van der Waals surface area contributed by atoms with Crippen molar-refractivity contribution in [3.8, 4) is 0 Å². The van der Waals surface area contributed by atoms with Crippen LogP contribution in [0.4, 0.5) is 10.5 Å². The Balaban J connectivity index is 1.37. The van der Waals surface area contributed by atoms with E-state index in [9.17, 15) is 9.59 Å². The van der Waals surface area contributed by atoms with Crippen LogP contribution in [0.1, 0.15) is 56.1 Å². The molecule has 1 saturated carbocycles. The highest BCUT2D eigenvalue weighted by molar-refractivity contribution is 7.99. The van der Waals surface area contributed by atoms with E-state index < -0.39 is 0 Å². The number of amides is 3. The van der Waals surface area contributed by atoms with Gasteiger partial charge in [-0.05, 0) is 43.4 Å². The molecule has 0 spiro atoms. The monoisotopic (exact) mass is 432 g/mol. The molecule has 0 atom stereocenters. The van der Waals surface area contributed by atoms with E-state index in [1.165, 1.54) is 36.3 Å². The fourth-order valence-corrected chi connectivity index (χ4v) is 5.12. The molecule has 3 rings (SSSR count). The molecule has 1 saturated heterocycles. The van der Waals surface area contributed by atoms with Crippen LogP contribution in [0.2, 0.25) is 0 Å². The number of urea groups is 1. The smallest absolute Gasteiger partial charge is 0.315 e. The summed E-state index contributed by atoms with van der Waals surface area (Å²) in [6, 6.07) is 6.34. The van der Waals surface area contributed by atoms with Crippen molar-refractivity contribution in [2.75, 3.05) is 36.5 Å².